The second-order valence-corrected chi connectivity index (χ2v) is 7.63. The Balaban J connectivity index is 0.00000256. The molecule has 0 saturated carbocycles. The zero-order chi connectivity index (χ0) is 20.4. The van der Waals surface area contributed by atoms with Crippen LogP contribution in [-0.2, 0) is 11.9 Å². The second kappa shape index (κ2) is 9.07. The maximum Gasteiger partial charge on any atom is 0.364 e. The highest BCUT2D eigenvalue weighted by Crippen LogP contribution is 2.35. The Hall–Kier alpha value is -2.56. The molecule has 0 aliphatic carbocycles. The normalized spacial score (nSPS) is 11.4. The van der Waals surface area contributed by atoms with Gasteiger partial charge >= 0.3 is 5.38 Å². The van der Waals surface area contributed by atoms with E-state index in [0.29, 0.717) is 30.1 Å². The van der Waals surface area contributed by atoms with Crippen molar-refractivity contribution in [2.75, 3.05) is 6.54 Å². The highest BCUT2D eigenvalue weighted by Gasteiger charge is 2.33. The first-order chi connectivity index (χ1) is 13.9. The van der Waals surface area contributed by atoms with Gasteiger partial charge in [-0.2, -0.15) is 13.9 Å². The van der Waals surface area contributed by atoms with Crippen molar-refractivity contribution in [1.82, 2.24) is 29.5 Å². The van der Waals surface area contributed by atoms with Gasteiger partial charge in [0.15, 0.2) is 11.3 Å². The summed E-state index contributed by atoms with van der Waals surface area (Å²) in [6.07, 6.45) is 5.88. The number of carbonyl (C=O) groups is 1. The molecule has 0 atom stereocenters. The molecule has 1 N–H and O–H groups in total. The molecule has 0 aromatic carbocycles. The molecule has 4 aromatic heterocycles. The van der Waals surface area contributed by atoms with Crippen molar-refractivity contribution >= 4 is 46.9 Å². The van der Waals surface area contributed by atoms with Crippen LogP contribution < -0.4 is 5.32 Å². The maximum atomic E-state index is 14.0. The van der Waals surface area contributed by atoms with E-state index in [1.807, 2.05) is 16.1 Å². The van der Waals surface area contributed by atoms with E-state index in [9.17, 15) is 13.6 Å². The summed E-state index contributed by atoms with van der Waals surface area (Å²) in [5.74, 6) is -0.470. The Kier molecular flexibility index (Phi) is 6.69. The van der Waals surface area contributed by atoms with Gasteiger partial charge in [-0.15, -0.1) is 23.7 Å². The number of thiophene rings is 1. The molecule has 0 radical (unpaired) electrons. The number of fused-ring (bicyclic) bond motifs is 1. The summed E-state index contributed by atoms with van der Waals surface area (Å²) >= 11 is 6.65. The summed E-state index contributed by atoms with van der Waals surface area (Å²) in [4.78, 5) is 21.4. The summed E-state index contributed by atoms with van der Waals surface area (Å²) < 4.78 is 30.7. The molecule has 4 aromatic rings. The van der Waals surface area contributed by atoms with Crippen LogP contribution in [-0.4, -0.2) is 36.6 Å². The standard InChI is InChI=1S/C18H15ClF2N6OS.ClH/c19-18(20,21)15-9-12(14-3-1-8-29-14)24-16-10-13(25-27(15)16)17(28)23-4-2-6-26-7-5-22-11-26;/h1,3,5,7-11H,2,4,6H2,(H,23,28);1H. The van der Waals surface area contributed by atoms with Crippen LogP contribution >= 0.6 is 35.3 Å². The van der Waals surface area contributed by atoms with Crippen molar-refractivity contribution in [3.8, 4) is 10.6 Å². The summed E-state index contributed by atoms with van der Waals surface area (Å²) in [5, 5.41) is 4.87. The fraction of sp³-hybridized carbons (Fsp3) is 0.222. The van der Waals surface area contributed by atoms with Gasteiger partial charge in [-0.25, -0.2) is 14.5 Å². The van der Waals surface area contributed by atoms with E-state index in [4.69, 9.17) is 11.6 Å². The number of nitrogens with zero attached hydrogens (tertiary/aromatic N) is 5. The molecule has 1 amide bonds. The Bertz CT molecular complexity index is 1130. The average Bonchev–Trinajstić information content (AvgIpc) is 3.44. The predicted molar refractivity (Wildman–Crippen MR) is 112 cm³/mol. The third-order valence-electron chi connectivity index (χ3n) is 4.16. The highest BCUT2D eigenvalue weighted by atomic mass is 35.5. The van der Waals surface area contributed by atoms with Crippen molar-refractivity contribution in [2.45, 2.75) is 18.3 Å². The molecule has 0 aliphatic rings. The maximum absolute atomic E-state index is 14.0. The van der Waals surface area contributed by atoms with Gasteiger partial charge in [0.05, 0.1) is 16.9 Å². The van der Waals surface area contributed by atoms with E-state index in [1.54, 1.807) is 24.7 Å². The molecule has 30 heavy (non-hydrogen) atoms. The topological polar surface area (TPSA) is 77.1 Å². The fourth-order valence-corrected chi connectivity index (χ4v) is 3.63. The van der Waals surface area contributed by atoms with E-state index in [1.165, 1.54) is 23.5 Å². The first-order valence-electron chi connectivity index (χ1n) is 8.67. The monoisotopic (exact) mass is 472 g/mol. The minimum Gasteiger partial charge on any atom is -0.351 e. The molecular weight excluding hydrogens is 457 g/mol. The molecule has 4 rings (SSSR count). The lowest BCUT2D eigenvalue weighted by Crippen LogP contribution is -2.25. The van der Waals surface area contributed by atoms with Gasteiger partial charge in [0.25, 0.3) is 5.91 Å². The molecule has 7 nitrogen and oxygen atoms in total. The largest absolute Gasteiger partial charge is 0.364 e. The van der Waals surface area contributed by atoms with Gasteiger partial charge in [-0.1, -0.05) is 6.07 Å². The molecule has 0 saturated heterocycles. The number of aromatic nitrogens is 5. The van der Waals surface area contributed by atoms with Gasteiger partial charge < -0.3 is 9.88 Å². The minimum absolute atomic E-state index is 0. The van der Waals surface area contributed by atoms with Gasteiger partial charge in [-0.05, 0) is 35.5 Å². The Labute approximate surface area is 185 Å². The number of rotatable bonds is 7. The first-order valence-corrected chi connectivity index (χ1v) is 9.93. The lowest BCUT2D eigenvalue weighted by Gasteiger charge is -2.11. The van der Waals surface area contributed by atoms with Crippen molar-refractivity contribution in [3.63, 3.8) is 0 Å². The number of aryl methyl sites for hydroxylation is 1. The van der Waals surface area contributed by atoms with Crippen LogP contribution in [0.4, 0.5) is 8.78 Å². The van der Waals surface area contributed by atoms with Crippen LogP contribution in [0.5, 0.6) is 0 Å². The molecule has 0 spiro atoms. The second-order valence-electron chi connectivity index (χ2n) is 6.21. The molecule has 158 valence electrons. The van der Waals surface area contributed by atoms with Crippen LogP contribution in [0.3, 0.4) is 0 Å². The van der Waals surface area contributed by atoms with E-state index in [0.717, 1.165) is 4.52 Å². The van der Waals surface area contributed by atoms with Gasteiger partial charge in [0, 0.05) is 31.5 Å². The van der Waals surface area contributed by atoms with E-state index in [-0.39, 0.29) is 23.7 Å². The van der Waals surface area contributed by atoms with Gasteiger partial charge in [0.2, 0.25) is 0 Å². The van der Waals surface area contributed by atoms with Crippen LogP contribution in [0.1, 0.15) is 22.6 Å². The van der Waals surface area contributed by atoms with E-state index >= 15 is 0 Å². The average molecular weight is 473 g/mol. The van der Waals surface area contributed by atoms with Gasteiger partial charge in [-0.3, -0.25) is 4.79 Å². The van der Waals surface area contributed by atoms with Crippen LogP contribution in [0.15, 0.2) is 48.4 Å². The number of amides is 1. The summed E-state index contributed by atoms with van der Waals surface area (Å²) in [5.41, 5.74) is -0.0952. The molecule has 12 heteroatoms. The SMILES string of the molecule is Cl.O=C(NCCCn1ccnc1)c1cc2nc(-c3cccs3)cc(C(F)(F)Cl)n2n1. The van der Waals surface area contributed by atoms with Crippen LogP contribution in [0, 0.1) is 0 Å². The quantitative estimate of drug-likeness (QED) is 0.323. The molecule has 4 heterocycles. The van der Waals surface area contributed by atoms with Gasteiger partial charge in [0.1, 0.15) is 5.69 Å². The number of nitrogens with one attached hydrogen (secondary N) is 1. The smallest absolute Gasteiger partial charge is 0.351 e. The van der Waals surface area contributed by atoms with E-state index < -0.39 is 17.0 Å². The van der Waals surface area contributed by atoms with Crippen LogP contribution in [0.2, 0.25) is 0 Å². The predicted octanol–water partition coefficient (Wildman–Crippen LogP) is 4.18. The molecular formula is C18H16Cl2F2N6OS. The Morgan fingerprint density at radius 1 is 1.33 bits per heavy atom. The van der Waals surface area contributed by atoms with Crippen LogP contribution in [0.25, 0.3) is 16.2 Å². The lowest BCUT2D eigenvalue weighted by molar-refractivity contribution is 0.0866. The number of halogens is 4. The number of carbonyl (C=O) groups excluding carboxylic acids is 1. The molecule has 0 bridgehead atoms. The third-order valence-corrected chi connectivity index (χ3v) is 5.25. The Morgan fingerprint density at radius 3 is 2.83 bits per heavy atom. The van der Waals surface area contributed by atoms with E-state index in [2.05, 4.69) is 20.4 Å². The highest BCUT2D eigenvalue weighted by molar-refractivity contribution is 7.13. The molecule has 0 fully saturated rings. The zero-order valence-corrected chi connectivity index (χ0v) is 17.7. The van der Waals surface area contributed by atoms with Crippen molar-refractivity contribution < 1.29 is 13.6 Å². The molecule has 0 aliphatic heterocycles. The van der Waals surface area contributed by atoms with Crippen molar-refractivity contribution in [1.29, 1.82) is 0 Å². The summed E-state index contributed by atoms with van der Waals surface area (Å²) in [7, 11) is 0. The number of imidazole rings is 1. The number of alkyl halides is 3. The molecule has 0 unspecified atom stereocenters. The number of hydrogen-bond acceptors (Lipinski definition) is 5. The third kappa shape index (κ3) is 4.77. The minimum atomic E-state index is -3.67. The fourth-order valence-electron chi connectivity index (χ4n) is 2.81. The summed E-state index contributed by atoms with van der Waals surface area (Å²) in [6, 6.07) is 6.12. The van der Waals surface area contributed by atoms with Crippen molar-refractivity contribution in [3.05, 3.63) is 59.8 Å². The van der Waals surface area contributed by atoms with Crippen molar-refractivity contribution in [2.24, 2.45) is 0 Å². The lowest BCUT2D eigenvalue weighted by atomic mass is 10.2. The Morgan fingerprint density at radius 2 is 2.17 bits per heavy atom. The summed E-state index contributed by atoms with van der Waals surface area (Å²) in [6.45, 7) is 1.09. The number of hydrogen-bond donors (Lipinski definition) is 1. The zero-order valence-electron chi connectivity index (χ0n) is 15.3. The first kappa shape index (κ1) is 22.1.